The van der Waals surface area contributed by atoms with Crippen LogP contribution in [-0.4, -0.2) is 5.11 Å². The van der Waals surface area contributed by atoms with Crippen LogP contribution >= 0.6 is 0 Å². The number of phenolic OH excluding ortho intramolecular Hbond substituents is 1. The number of benzene rings is 2. The topological polar surface area (TPSA) is 40.1 Å². The second-order valence-electron chi connectivity index (χ2n) is 4.34. The molecule has 1 radical (unpaired) electrons. The fourth-order valence-electron chi connectivity index (χ4n) is 1.90. The Morgan fingerprint density at radius 2 is 1.59 bits per heavy atom. The molecule has 87 valence electrons. The Bertz CT molecular complexity index is 471. The number of hydrogen-bond acceptors (Lipinski definition) is 1. The molecule has 0 saturated carbocycles. The lowest BCUT2D eigenvalue weighted by molar-refractivity contribution is 0.354. The number of aromatic hydroxyl groups is 1. The second-order valence-corrected chi connectivity index (χ2v) is 4.34. The van der Waals surface area contributed by atoms with Crippen LogP contribution in [-0.2, 0) is 11.5 Å². The van der Waals surface area contributed by atoms with Crippen molar-refractivity contribution in [2.45, 2.75) is 19.3 Å². The summed E-state index contributed by atoms with van der Waals surface area (Å²) in [7, 11) is 0. The first kappa shape index (κ1) is 11.5. The first-order valence-electron chi connectivity index (χ1n) is 5.70. The van der Waals surface area contributed by atoms with Crippen LogP contribution in [0, 0.1) is 0 Å². The van der Waals surface area contributed by atoms with E-state index in [1.165, 1.54) is 5.56 Å². The Morgan fingerprint density at radius 1 is 1.00 bits per heavy atom. The highest BCUT2D eigenvalue weighted by molar-refractivity contribution is 5.31. The molecule has 1 unspecified atom stereocenters. The zero-order valence-electron chi connectivity index (χ0n) is 9.76. The van der Waals surface area contributed by atoms with Gasteiger partial charge >= 0.3 is 0 Å². The molecule has 2 rings (SSSR count). The first-order valence-corrected chi connectivity index (χ1v) is 5.70. The Morgan fingerprint density at radius 3 is 2.18 bits per heavy atom. The molecule has 0 saturated heterocycles. The fraction of sp³-hybridized carbons (Fsp3) is 0.200. The number of phenols is 1. The Labute approximate surface area is 101 Å². The molecule has 0 fully saturated rings. The molecule has 2 heteroatoms. The molecule has 0 aliphatic rings. The van der Waals surface area contributed by atoms with Gasteiger partial charge in [0.25, 0.3) is 0 Å². The number of rotatable bonds is 3. The predicted molar refractivity (Wildman–Crippen MR) is 66.8 cm³/mol. The van der Waals surface area contributed by atoms with E-state index in [4.69, 9.17) is 0 Å². The normalized spacial score (nSPS) is 12.3. The maximum Gasteiger partial charge on any atom is 0.178 e. The van der Waals surface area contributed by atoms with Crippen LogP contribution in [0.2, 0.25) is 0 Å². The third-order valence-electron chi connectivity index (χ3n) is 2.93. The third kappa shape index (κ3) is 3.00. The maximum absolute atomic E-state index is 11.0. The van der Waals surface area contributed by atoms with Crippen molar-refractivity contribution in [1.29, 1.82) is 0 Å². The highest BCUT2D eigenvalue weighted by atomic mass is 16.3. The summed E-state index contributed by atoms with van der Waals surface area (Å²) < 4.78 is 0. The summed E-state index contributed by atoms with van der Waals surface area (Å²) in [6, 6.07) is 14.2. The fourth-order valence-corrected chi connectivity index (χ4v) is 1.90. The Balaban J connectivity index is 2.08. The van der Waals surface area contributed by atoms with Crippen LogP contribution in [0.4, 0.5) is 0 Å². The van der Waals surface area contributed by atoms with Crippen molar-refractivity contribution in [3.63, 3.8) is 0 Å². The lowest BCUT2D eigenvalue weighted by Crippen LogP contribution is -1.97. The minimum Gasteiger partial charge on any atom is -0.508 e. The lowest BCUT2D eigenvalue weighted by Gasteiger charge is -2.12. The Hall–Kier alpha value is -1.96. The van der Waals surface area contributed by atoms with E-state index in [1.807, 2.05) is 24.3 Å². The van der Waals surface area contributed by atoms with E-state index in [9.17, 15) is 10.2 Å². The lowest BCUT2D eigenvalue weighted by atomic mass is 9.94. The molecule has 17 heavy (non-hydrogen) atoms. The van der Waals surface area contributed by atoms with E-state index in [1.54, 1.807) is 24.3 Å². The van der Waals surface area contributed by atoms with Gasteiger partial charge in [0.2, 0.25) is 0 Å². The molecular weight excluding hydrogens is 212 g/mol. The highest BCUT2D eigenvalue weighted by Crippen LogP contribution is 2.23. The van der Waals surface area contributed by atoms with Crippen molar-refractivity contribution in [1.82, 2.24) is 0 Å². The molecule has 1 atom stereocenters. The molecule has 0 aliphatic carbocycles. The third-order valence-corrected chi connectivity index (χ3v) is 2.93. The van der Waals surface area contributed by atoms with Crippen molar-refractivity contribution in [2.75, 3.05) is 0 Å². The van der Waals surface area contributed by atoms with Gasteiger partial charge in [-0.25, -0.2) is 0 Å². The number of hydrogen-bond donors (Lipinski definition) is 1. The van der Waals surface area contributed by atoms with Crippen molar-refractivity contribution >= 4 is 0 Å². The van der Waals surface area contributed by atoms with Crippen molar-refractivity contribution < 1.29 is 10.2 Å². The molecule has 0 amide bonds. The monoisotopic (exact) mass is 227 g/mol. The zero-order chi connectivity index (χ0) is 12.3. The van der Waals surface area contributed by atoms with Crippen molar-refractivity contribution in [3.8, 4) is 11.5 Å². The summed E-state index contributed by atoms with van der Waals surface area (Å²) >= 11 is 0. The van der Waals surface area contributed by atoms with E-state index in [0.29, 0.717) is 5.92 Å². The molecule has 2 nitrogen and oxygen atoms in total. The largest absolute Gasteiger partial charge is 0.508 e. The summed E-state index contributed by atoms with van der Waals surface area (Å²) in [6.07, 6.45) is 0.894. The highest BCUT2D eigenvalue weighted by Gasteiger charge is 2.06. The molecule has 0 aliphatic heterocycles. The van der Waals surface area contributed by atoms with E-state index in [-0.39, 0.29) is 11.5 Å². The van der Waals surface area contributed by atoms with Gasteiger partial charge in [0, 0.05) is 0 Å². The van der Waals surface area contributed by atoms with Crippen LogP contribution in [0.25, 0.3) is 0 Å². The summed E-state index contributed by atoms with van der Waals surface area (Å²) in [5.41, 5.74) is 2.35. The van der Waals surface area contributed by atoms with Gasteiger partial charge in [-0.05, 0) is 47.7 Å². The molecule has 2 aromatic rings. The average molecular weight is 227 g/mol. The van der Waals surface area contributed by atoms with Gasteiger partial charge < -0.3 is 5.11 Å². The summed E-state index contributed by atoms with van der Waals surface area (Å²) in [5, 5.41) is 20.2. The molecular formula is C15H15O2. The molecule has 0 heterocycles. The first-order chi connectivity index (χ1) is 8.15. The molecule has 0 bridgehead atoms. The van der Waals surface area contributed by atoms with Crippen LogP contribution in [0.3, 0.4) is 0 Å². The van der Waals surface area contributed by atoms with Crippen molar-refractivity contribution in [3.05, 3.63) is 59.7 Å². The van der Waals surface area contributed by atoms with E-state index in [0.717, 1.165) is 12.0 Å². The van der Waals surface area contributed by atoms with Gasteiger partial charge in [0.1, 0.15) is 5.75 Å². The quantitative estimate of drug-likeness (QED) is 0.849. The molecule has 1 N–H and O–H groups in total. The second kappa shape index (κ2) is 4.91. The molecule has 0 spiro atoms. The van der Waals surface area contributed by atoms with E-state index >= 15 is 0 Å². The van der Waals surface area contributed by atoms with Gasteiger partial charge in [0.05, 0.1) is 0 Å². The van der Waals surface area contributed by atoms with Gasteiger partial charge in [-0.15, -0.1) is 0 Å². The van der Waals surface area contributed by atoms with Gasteiger partial charge in [0.15, 0.2) is 5.75 Å². The SMILES string of the molecule is CC(Cc1ccc([O])cc1)c1ccc(O)cc1. The van der Waals surface area contributed by atoms with E-state index < -0.39 is 0 Å². The summed E-state index contributed by atoms with van der Waals surface area (Å²) in [4.78, 5) is 0. The van der Waals surface area contributed by atoms with Gasteiger partial charge in [-0.1, -0.05) is 31.2 Å². The average Bonchev–Trinajstić information content (AvgIpc) is 2.33. The molecule has 0 aromatic heterocycles. The summed E-state index contributed by atoms with van der Waals surface area (Å²) in [6.45, 7) is 2.14. The van der Waals surface area contributed by atoms with Gasteiger partial charge in [-0.3, -0.25) is 5.11 Å². The predicted octanol–water partition coefficient (Wildman–Crippen LogP) is 3.88. The minimum atomic E-state index is 0.0473. The maximum atomic E-state index is 11.0. The van der Waals surface area contributed by atoms with E-state index in [2.05, 4.69) is 6.92 Å². The standard InChI is InChI=1S/C15H15O2/c1-11(13-4-8-15(17)9-5-13)10-12-2-6-14(16)7-3-12/h2-9,11,17H,10H2,1H3. The van der Waals surface area contributed by atoms with Gasteiger partial charge in [-0.2, -0.15) is 0 Å². The molecule has 2 aromatic carbocycles. The van der Waals surface area contributed by atoms with Crippen LogP contribution in [0.15, 0.2) is 48.5 Å². The zero-order valence-corrected chi connectivity index (χ0v) is 9.76. The van der Waals surface area contributed by atoms with Crippen LogP contribution in [0.1, 0.15) is 24.0 Å². The van der Waals surface area contributed by atoms with Crippen LogP contribution < -0.4 is 0 Å². The Kier molecular flexibility index (Phi) is 3.33. The van der Waals surface area contributed by atoms with Crippen molar-refractivity contribution in [2.24, 2.45) is 0 Å². The smallest absolute Gasteiger partial charge is 0.178 e. The van der Waals surface area contributed by atoms with Crippen LogP contribution in [0.5, 0.6) is 11.5 Å². The summed E-state index contributed by atoms with van der Waals surface area (Å²) in [5.74, 6) is 0.704. The minimum absolute atomic E-state index is 0.0473.